The molecule has 0 bridgehead atoms. The van der Waals surface area contributed by atoms with Crippen LogP contribution in [0.25, 0.3) is 0 Å². The second kappa shape index (κ2) is 5.73. The zero-order valence-electron chi connectivity index (χ0n) is 10.3. The summed E-state index contributed by atoms with van der Waals surface area (Å²) in [5.41, 5.74) is 1.59. The summed E-state index contributed by atoms with van der Waals surface area (Å²) >= 11 is 1.65. The van der Waals surface area contributed by atoms with Gasteiger partial charge in [-0.15, -0.1) is 11.8 Å². The molecule has 2 aromatic rings. The fourth-order valence-corrected chi connectivity index (χ4v) is 2.51. The lowest BCUT2D eigenvalue weighted by molar-refractivity contribution is 0.0600. The molecule has 2 rings (SSSR count). The number of hydrogen-bond acceptors (Lipinski definition) is 4. The van der Waals surface area contributed by atoms with Crippen molar-refractivity contribution in [3.63, 3.8) is 0 Å². The van der Waals surface area contributed by atoms with Crippen LogP contribution in [0.3, 0.4) is 0 Å². The molecule has 0 N–H and O–H groups in total. The smallest absolute Gasteiger partial charge is 0.338 e. The minimum Gasteiger partial charge on any atom is -0.465 e. The number of benzene rings is 1. The van der Waals surface area contributed by atoms with Crippen molar-refractivity contribution >= 4 is 17.7 Å². The summed E-state index contributed by atoms with van der Waals surface area (Å²) < 4.78 is 6.53. The van der Waals surface area contributed by atoms with E-state index in [2.05, 4.69) is 5.10 Å². The van der Waals surface area contributed by atoms with E-state index in [-0.39, 0.29) is 5.97 Å². The maximum atomic E-state index is 11.6. The Balaban J connectivity index is 2.11. The number of thioether (sulfide) groups is 1. The van der Waals surface area contributed by atoms with Crippen LogP contribution in [0, 0.1) is 0 Å². The van der Waals surface area contributed by atoms with Gasteiger partial charge in [0.2, 0.25) is 0 Å². The average molecular weight is 262 g/mol. The Bertz CT molecular complexity index is 551. The number of methoxy groups -OCH3 is 1. The van der Waals surface area contributed by atoms with Crippen LogP contribution < -0.4 is 0 Å². The molecular weight excluding hydrogens is 248 g/mol. The van der Waals surface area contributed by atoms with Crippen LogP contribution in [0.15, 0.2) is 41.6 Å². The molecule has 0 fully saturated rings. The average Bonchev–Trinajstić information content (AvgIpc) is 2.81. The molecule has 0 unspecified atom stereocenters. The van der Waals surface area contributed by atoms with Crippen molar-refractivity contribution in [2.75, 3.05) is 7.11 Å². The molecule has 0 atom stereocenters. The van der Waals surface area contributed by atoms with Crippen LogP contribution in [-0.4, -0.2) is 22.9 Å². The Labute approximate surface area is 110 Å². The van der Waals surface area contributed by atoms with Crippen molar-refractivity contribution in [3.8, 4) is 0 Å². The number of carbonyl (C=O) groups excluding carboxylic acids is 1. The molecule has 1 heterocycles. The largest absolute Gasteiger partial charge is 0.465 e. The van der Waals surface area contributed by atoms with E-state index in [4.69, 9.17) is 4.74 Å². The number of hydrogen-bond donors (Lipinski definition) is 0. The maximum absolute atomic E-state index is 11.6. The quantitative estimate of drug-likeness (QED) is 0.627. The Morgan fingerprint density at radius 2 is 2.22 bits per heavy atom. The van der Waals surface area contributed by atoms with E-state index in [1.165, 1.54) is 7.11 Å². The number of carbonyl (C=O) groups is 1. The molecule has 1 aromatic carbocycles. The van der Waals surface area contributed by atoms with Crippen molar-refractivity contribution in [2.45, 2.75) is 10.6 Å². The van der Waals surface area contributed by atoms with E-state index >= 15 is 0 Å². The molecular formula is C13H14N2O2S. The normalized spacial score (nSPS) is 10.3. The van der Waals surface area contributed by atoms with E-state index in [9.17, 15) is 4.79 Å². The molecule has 18 heavy (non-hydrogen) atoms. The van der Waals surface area contributed by atoms with E-state index < -0.39 is 0 Å². The predicted octanol–water partition coefficient (Wildman–Crippen LogP) is 2.50. The van der Waals surface area contributed by atoms with E-state index in [0.717, 1.165) is 16.2 Å². The van der Waals surface area contributed by atoms with Crippen LogP contribution in [0.4, 0.5) is 0 Å². The van der Waals surface area contributed by atoms with Gasteiger partial charge in [0.05, 0.1) is 18.9 Å². The fraction of sp³-hybridized carbons (Fsp3) is 0.231. The van der Waals surface area contributed by atoms with Gasteiger partial charge in [0, 0.05) is 23.9 Å². The highest BCUT2D eigenvalue weighted by Crippen LogP contribution is 2.24. The van der Waals surface area contributed by atoms with Gasteiger partial charge in [-0.2, -0.15) is 5.10 Å². The number of rotatable bonds is 4. The van der Waals surface area contributed by atoms with Crippen molar-refractivity contribution < 1.29 is 9.53 Å². The zero-order valence-corrected chi connectivity index (χ0v) is 11.1. The summed E-state index contributed by atoms with van der Waals surface area (Å²) in [7, 11) is 3.28. The lowest BCUT2D eigenvalue weighted by atomic mass is 10.1. The van der Waals surface area contributed by atoms with Crippen LogP contribution in [-0.2, 0) is 17.5 Å². The number of aryl methyl sites for hydroxylation is 1. The SMILES string of the molecule is COC(=O)c1ccccc1CSc1cnn(C)c1. The molecule has 0 radical (unpaired) electrons. The van der Waals surface area contributed by atoms with Gasteiger partial charge >= 0.3 is 5.97 Å². The Morgan fingerprint density at radius 3 is 2.89 bits per heavy atom. The highest BCUT2D eigenvalue weighted by atomic mass is 32.2. The first kappa shape index (κ1) is 12.7. The van der Waals surface area contributed by atoms with E-state index in [0.29, 0.717) is 5.56 Å². The minimum absolute atomic E-state index is 0.294. The third-order valence-corrected chi connectivity index (χ3v) is 3.50. The molecule has 1 aromatic heterocycles. The van der Waals surface area contributed by atoms with E-state index in [1.54, 1.807) is 22.5 Å². The second-order valence-electron chi connectivity index (χ2n) is 3.79. The van der Waals surface area contributed by atoms with Crippen molar-refractivity contribution in [1.82, 2.24) is 9.78 Å². The third-order valence-electron chi connectivity index (χ3n) is 2.50. The number of esters is 1. The molecule has 0 saturated heterocycles. The fourth-order valence-electron chi connectivity index (χ4n) is 1.59. The Hall–Kier alpha value is -1.75. The first-order valence-corrected chi connectivity index (χ1v) is 6.47. The topological polar surface area (TPSA) is 44.1 Å². The molecule has 0 amide bonds. The molecule has 0 aliphatic carbocycles. The van der Waals surface area contributed by atoms with Gasteiger partial charge in [0.1, 0.15) is 0 Å². The van der Waals surface area contributed by atoms with Gasteiger partial charge in [0.15, 0.2) is 0 Å². The molecule has 0 aliphatic rings. The summed E-state index contributed by atoms with van der Waals surface area (Å²) in [6.45, 7) is 0. The summed E-state index contributed by atoms with van der Waals surface area (Å²) in [6, 6.07) is 7.48. The van der Waals surface area contributed by atoms with Crippen molar-refractivity contribution in [2.24, 2.45) is 7.05 Å². The Kier molecular flexibility index (Phi) is 4.04. The van der Waals surface area contributed by atoms with Crippen molar-refractivity contribution in [3.05, 3.63) is 47.8 Å². The molecule has 0 spiro atoms. The second-order valence-corrected chi connectivity index (χ2v) is 4.84. The minimum atomic E-state index is -0.294. The van der Waals surface area contributed by atoms with Crippen LogP contribution >= 0.6 is 11.8 Å². The summed E-state index contributed by atoms with van der Waals surface area (Å²) in [5, 5.41) is 4.11. The highest BCUT2D eigenvalue weighted by Gasteiger charge is 2.11. The van der Waals surface area contributed by atoms with Crippen LogP contribution in [0.1, 0.15) is 15.9 Å². The number of aromatic nitrogens is 2. The predicted molar refractivity (Wildman–Crippen MR) is 70.6 cm³/mol. The zero-order chi connectivity index (χ0) is 13.0. The summed E-state index contributed by atoms with van der Waals surface area (Å²) in [6.07, 6.45) is 3.76. The van der Waals surface area contributed by atoms with Gasteiger partial charge < -0.3 is 4.74 Å². The first-order valence-electron chi connectivity index (χ1n) is 5.48. The summed E-state index contributed by atoms with van der Waals surface area (Å²) in [4.78, 5) is 12.7. The molecule has 94 valence electrons. The molecule has 0 aliphatic heterocycles. The molecule has 5 heteroatoms. The lowest BCUT2D eigenvalue weighted by Crippen LogP contribution is -2.04. The number of nitrogens with zero attached hydrogens (tertiary/aromatic N) is 2. The van der Waals surface area contributed by atoms with Crippen LogP contribution in [0.2, 0.25) is 0 Å². The van der Waals surface area contributed by atoms with Crippen LogP contribution in [0.5, 0.6) is 0 Å². The molecule has 4 nitrogen and oxygen atoms in total. The number of ether oxygens (including phenoxy) is 1. The van der Waals surface area contributed by atoms with Gasteiger partial charge in [-0.25, -0.2) is 4.79 Å². The van der Waals surface area contributed by atoms with Gasteiger partial charge in [0.25, 0.3) is 0 Å². The van der Waals surface area contributed by atoms with Gasteiger partial charge in [-0.1, -0.05) is 18.2 Å². The third kappa shape index (κ3) is 2.92. The lowest BCUT2D eigenvalue weighted by Gasteiger charge is -2.06. The van der Waals surface area contributed by atoms with Gasteiger partial charge in [-0.3, -0.25) is 4.68 Å². The Morgan fingerprint density at radius 1 is 1.44 bits per heavy atom. The maximum Gasteiger partial charge on any atom is 0.338 e. The summed E-state index contributed by atoms with van der Waals surface area (Å²) in [5.74, 6) is 0.425. The monoisotopic (exact) mass is 262 g/mol. The van der Waals surface area contributed by atoms with Crippen molar-refractivity contribution in [1.29, 1.82) is 0 Å². The highest BCUT2D eigenvalue weighted by molar-refractivity contribution is 7.98. The standard InChI is InChI=1S/C13H14N2O2S/c1-15-8-11(7-14-15)18-9-10-5-3-4-6-12(10)13(16)17-2/h3-8H,9H2,1-2H3. The van der Waals surface area contributed by atoms with E-state index in [1.807, 2.05) is 37.6 Å². The first-order chi connectivity index (χ1) is 8.70. The van der Waals surface area contributed by atoms with Gasteiger partial charge in [-0.05, 0) is 11.6 Å². The molecule has 0 saturated carbocycles.